The standard InChI is InChI=1S/C10H23N3O2/c1-13(2)7-4-3-6-12-10(14)9-15-8-5-11/h3-9,11H2,1-2H3,(H,12,14). The van der Waals surface area contributed by atoms with Crippen molar-refractivity contribution in [2.24, 2.45) is 5.73 Å². The molecule has 0 aromatic carbocycles. The first kappa shape index (κ1) is 14.3. The minimum absolute atomic E-state index is 0.0618. The molecule has 0 aliphatic carbocycles. The lowest BCUT2D eigenvalue weighted by atomic mass is 10.3. The molecule has 0 rings (SSSR count). The summed E-state index contributed by atoms with van der Waals surface area (Å²) in [6.45, 7) is 2.78. The van der Waals surface area contributed by atoms with E-state index in [2.05, 4.69) is 10.2 Å². The Morgan fingerprint density at radius 3 is 2.73 bits per heavy atom. The Balaban J connectivity index is 3.17. The molecule has 1 amide bonds. The molecular weight excluding hydrogens is 194 g/mol. The Bertz CT molecular complexity index is 163. The van der Waals surface area contributed by atoms with Gasteiger partial charge in [-0.1, -0.05) is 0 Å². The van der Waals surface area contributed by atoms with Crippen molar-refractivity contribution in [1.82, 2.24) is 10.2 Å². The average Bonchev–Trinajstić information content (AvgIpc) is 2.17. The molecule has 90 valence electrons. The quantitative estimate of drug-likeness (QED) is 0.507. The fourth-order valence-electron chi connectivity index (χ4n) is 1.08. The molecule has 0 aromatic heterocycles. The van der Waals surface area contributed by atoms with Crippen LogP contribution in [0, 0.1) is 0 Å². The maximum Gasteiger partial charge on any atom is 0.245 e. The molecular formula is C10H23N3O2. The van der Waals surface area contributed by atoms with Gasteiger partial charge < -0.3 is 20.7 Å². The Labute approximate surface area is 91.9 Å². The van der Waals surface area contributed by atoms with E-state index in [1.54, 1.807) is 0 Å². The van der Waals surface area contributed by atoms with Gasteiger partial charge in [-0.15, -0.1) is 0 Å². The first-order valence-electron chi connectivity index (χ1n) is 5.36. The molecule has 0 fully saturated rings. The number of amides is 1. The van der Waals surface area contributed by atoms with Gasteiger partial charge in [0.25, 0.3) is 0 Å². The largest absolute Gasteiger partial charge is 0.370 e. The number of carbonyl (C=O) groups is 1. The van der Waals surface area contributed by atoms with Gasteiger partial charge in [-0.3, -0.25) is 4.79 Å². The predicted molar refractivity (Wildman–Crippen MR) is 60.7 cm³/mol. The molecule has 0 bridgehead atoms. The molecule has 0 aliphatic heterocycles. The molecule has 0 atom stereocenters. The first-order chi connectivity index (χ1) is 7.16. The first-order valence-corrected chi connectivity index (χ1v) is 5.36. The van der Waals surface area contributed by atoms with Crippen molar-refractivity contribution in [3.63, 3.8) is 0 Å². The minimum atomic E-state index is -0.0618. The SMILES string of the molecule is CN(C)CCCCNC(=O)COCCN. The summed E-state index contributed by atoms with van der Waals surface area (Å²) >= 11 is 0. The fourth-order valence-corrected chi connectivity index (χ4v) is 1.08. The molecule has 5 heteroatoms. The second-order valence-electron chi connectivity index (χ2n) is 3.70. The van der Waals surface area contributed by atoms with Crippen LogP contribution in [-0.4, -0.2) is 57.8 Å². The molecule has 0 spiro atoms. The lowest BCUT2D eigenvalue weighted by molar-refractivity contribution is -0.125. The molecule has 0 saturated carbocycles. The summed E-state index contributed by atoms with van der Waals surface area (Å²) < 4.78 is 4.99. The Hall–Kier alpha value is -0.650. The number of rotatable bonds is 9. The van der Waals surface area contributed by atoms with Crippen LogP contribution in [0.1, 0.15) is 12.8 Å². The third-order valence-electron chi connectivity index (χ3n) is 1.85. The van der Waals surface area contributed by atoms with Crippen LogP contribution >= 0.6 is 0 Å². The second-order valence-corrected chi connectivity index (χ2v) is 3.70. The highest BCUT2D eigenvalue weighted by Crippen LogP contribution is 1.88. The number of nitrogens with zero attached hydrogens (tertiary/aromatic N) is 1. The summed E-state index contributed by atoms with van der Waals surface area (Å²) in [5.74, 6) is -0.0618. The number of hydrogen-bond donors (Lipinski definition) is 2. The zero-order chi connectivity index (χ0) is 11.5. The van der Waals surface area contributed by atoms with Gasteiger partial charge in [-0.25, -0.2) is 0 Å². The molecule has 0 radical (unpaired) electrons. The van der Waals surface area contributed by atoms with Crippen LogP contribution < -0.4 is 11.1 Å². The molecule has 0 aromatic rings. The van der Waals surface area contributed by atoms with E-state index in [0.29, 0.717) is 13.2 Å². The van der Waals surface area contributed by atoms with Gasteiger partial charge in [0.1, 0.15) is 6.61 Å². The van der Waals surface area contributed by atoms with Crippen LogP contribution in [0.5, 0.6) is 0 Å². The molecule has 0 heterocycles. The Morgan fingerprint density at radius 1 is 1.40 bits per heavy atom. The Morgan fingerprint density at radius 2 is 2.13 bits per heavy atom. The fraction of sp³-hybridized carbons (Fsp3) is 0.900. The molecule has 15 heavy (non-hydrogen) atoms. The summed E-state index contributed by atoms with van der Waals surface area (Å²) in [4.78, 5) is 13.3. The van der Waals surface area contributed by atoms with Crippen molar-refractivity contribution >= 4 is 5.91 Å². The van der Waals surface area contributed by atoms with Gasteiger partial charge in [-0.2, -0.15) is 0 Å². The summed E-state index contributed by atoms with van der Waals surface area (Å²) in [6.07, 6.45) is 2.09. The molecule has 0 aliphatic rings. The van der Waals surface area contributed by atoms with Crippen LogP contribution in [0.4, 0.5) is 0 Å². The summed E-state index contributed by atoms with van der Waals surface area (Å²) in [6, 6.07) is 0. The van der Waals surface area contributed by atoms with Crippen molar-refractivity contribution in [3.05, 3.63) is 0 Å². The molecule has 3 N–H and O–H groups in total. The van der Waals surface area contributed by atoms with Crippen molar-refractivity contribution in [2.75, 3.05) is 46.9 Å². The van der Waals surface area contributed by atoms with E-state index in [4.69, 9.17) is 10.5 Å². The molecule has 0 unspecified atom stereocenters. The highest BCUT2D eigenvalue weighted by Gasteiger charge is 1.99. The smallest absolute Gasteiger partial charge is 0.245 e. The monoisotopic (exact) mass is 217 g/mol. The van der Waals surface area contributed by atoms with Crippen molar-refractivity contribution < 1.29 is 9.53 Å². The van der Waals surface area contributed by atoms with E-state index < -0.39 is 0 Å². The lowest BCUT2D eigenvalue weighted by Gasteiger charge is -2.09. The second kappa shape index (κ2) is 9.89. The van der Waals surface area contributed by atoms with Crippen LogP contribution in [0.15, 0.2) is 0 Å². The normalized spacial score (nSPS) is 10.7. The summed E-state index contributed by atoms with van der Waals surface area (Å²) in [7, 11) is 4.08. The zero-order valence-electron chi connectivity index (χ0n) is 9.79. The van der Waals surface area contributed by atoms with Crippen molar-refractivity contribution in [1.29, 1.82) is 0 Å². The van der Waals surface area contributed by atoms with E-state index in [1.165, 1.54) is 0 Å². The van der Waals surface area contributed by atoms with E-state index in [-0.39, 0.29) is 12.5 Å². The van der Waals surface area contributed by atoms with E-state index >= 15 is 0 Å². The third kappa shape index (κ3) is 11.3. The van der Waals surface area contributed by atoms with E-state index in [1.807, 2.05) is 14.1 Å². The number of unbranched alkanes of at least 4 members (excludes halogenated alkanes) is 1. The maximum absolute atomic E-state index is 11.1. The average molecular weight is 217 g/mol. The Kier molecular flexibility index (Phi) is 9.46. The highest BCUT2D eigenvalue weighted by molar-refractivity contribution is 5.77. The summed E-state index contributed by atoms with van der Waals surface area (Å²) in [5.41, 5.74) is 5.22. The van der Waals surface area contributed by atoms with Crippen LogP contribution in [0.25, 0.3) is 0 Å². The topological polar surface area (TPSA) is 67.6 Å². The van der Waals surface area contributed by atoms with Crippen LogP contribution in [-0.2, 0) is 9.53 Å². The van der Waals surface area contributed by atoms with Crippen LogP contribution in [0.2, 0.25) is 0 Å². The highest BCUT2D eigenvalue weighted by atomic mass is 16.5. The summed E-state index contributed by atoms with van der Waals surface area (Å²) in [5, 5.41) is 2.79. The number of carbonyl (C=O) groups excluding carboxylic acids is 1. The van der Waals surface area contributed by atoms with Crippen LogP contribution in [0.3, 0.4) is 0 Å². The molecule has 0 saturated heterocycles. The van der Waals surface area contributed by atoms with Gasteiger partial charge in [-0.05, 0) is 33.5 Å². The number of ether oxygens (including phenoxy) is 1. The van der Waals surface area contributed by atoms with Gasteiger partial charge in [0.05, 0.1) is 6.61 Å². The number of hydrogen-bond acceptors (Lipinski definition) is 4. The predicted octanol–water partition coefficient (Wildman–Crippen LogP) is -0.580. The number of nitrogens with two attached hydrogens (primary N) is 1. The molecule has 5 nitrogen and oxygen atoms in total. The number of nitrogens with one attached hydrogen (secondary N) is 1. The maximum atomic E-state index is 11.1. The van der Waals surface area contributed by atoms with E-state index in [0.717, 1.165) is 25.9 Å². The minimum Gasteiger partial charge on any atom is -0.370 e. The van der Waals surface area contributed by atoms with Gasteiger partial charge in [0.15, 0.2) is 0 Å². The zero-order valence-corrected chi connectivity index (χ0v) is 9.79. The third-order valence-corrected chi connectivity index (χ3v) is 1.85. The van der Waals surface area contributed by atoms with Gasteiger partial charge >= 0.3 is 0 Å². The lowest BCUT2D eigenvalue weighted by Crippen LogP contribution is -2.29. The van der Waals surface area contributed by atoms with E-state index in [9.17, 15) is 4.79 Å². The van der Waals surface area contributed by atoms with Crippen molar-refractivity contribution in [2.45, 2.75) is 12.8 Å². The van der Waals surface area contributed by atoms with Crippen molar-refractivity contribution in [3.8, 4) is 0 Å². The van der Waals surface area contributed by atoms with Gasteiger partial charge in [0, 0.05) is 13.1 Å². The van der Waals surface area contributed by atoms with Gasteiger partial charge in [0.2, 0.25) is 5.91 Å².